The van der Waals surface area contributed by atoms with Crippen LogP contribution < -0.4 is 0 Å². The quantitative estimate of drug-likeness (QED) is 0.273. The number of aliphatic carboxylic acids is 1. The van der Waals surface area contributed by atoms with Crippen LogP contribution in [0.5, 0.6) is 0 Å². The molecule has 6 heteroatoms. The fourth-order valence-electron chi connectivity index (χ4n) is 1.48. The van der Waals surface area contributed by atoms with Gasteiger partial charge in [0.2, 0.25) is 0 Å². The number of unbranched alkanes of at least 4 members (excludes halogenated alkanes) is 1. The molecule has 0 saturated heterocycles. The van der Waals surface area contributed by atoms with Gasteiger partial charge in [-0.05, 0) is 46.6 Å². The molecule has 0 aromatic carbocycles. The predicted molar refractivity (Wildman–Crippen MR) is 82.4 cm³/mol. The van der Waals surface area contributed by atoms with Crippen molar-refractivity contribution >= 4 is 11.9 Å². The Morgan fingerprint density at radius 3 is 2.18 bits per heavy atom. The van der Waals surface area contributed by atoms with Gasteiger partial charge in [0.25, 0.3) is 0 Å². The number of carbonyl (C=O) groups is 2. The molecule has 0 spiro atoms. The van der Waals surface area contributed by atoms with Crippen LogP contribution >= 0.6 is 0 Å². The van der Waals surface area contributed by atoms with Crippen molar-refractivity contribution in [3.8, 4) is 0 Å². The molecule has 0 bridgehead atoms. The van der Waals surface area contributed by atoms with E-state index in [9.17, 15) is 9.59 Å². The molecule has 0 aromatic rings. The van der Waals surface area contributed by atoms with Gasteiger partial charge in [0.15, 0.2) is 6.29 Å². The monoisotopic (exact) mass is 314 g/mol. The molecule has 0 radical (unpaired) electrons. The molecule has 0 saturated carbocycles. The molecule has 0 rings (SSSR count). The maximum Gasteiger partial charge on any atom is 0.335 e. The number of carbonyl (C=O) groups excluding carboxylic acids is 1. The molecule has 2 unspecified atom stereocenters. The zero-order valence-electron chi connectivity index (χ0n) is 13.8. The van der Waals surface area contributed by atoms with E-state index in [1.165, 1.54) is 6.92 Å². The van der Waals surface area contributed by atoms with Gasteiger partial charge in [0, 0.05) is 17.8 Å². The minimum absolute atomic E-state index is 0.243. The summed E-state index contributed by atoms with van der Waals surface area (Å²) < 4.78 is 15.8. The molecule has 0 heterocycles. The van der Waals surface area contributed by atoms with Crippen LogP contribution in [0, 0.1) is 0 Å². The van der Waals surface area contributed by atoms with Crippen molar-refractivity contribution in [3.05, 3.63) is 23.8 Å². The second kappa shape index (κ2) is 11.0. The fourth-order valence-corrected chi connectivity index (χ4v) is 1.48. The van der Waals surface area contributed by atoms with Crippen molar-refractivity contribution in [1.82, 2.24) is 0 Å². The standard InChI is InChI=1S/C16H26O6/c1-11(2)16(19)22-14(5)21-9-7-6-8-20-13(4)10-12(3)15(17)18/h10,13-14H,1,6-9H2,2-5H3,(H,17,18). The Morgan fingerprint density at radius 1 is 1.14 bits per heavy atom. The average Bonchev–Trinajstić information content (AvgIpc) is 2.42. The van der Waals surface area contributed by atoms with Gasteiger partial charge in [0.05, 0.1) is 12.7 Å². The van der Waals surface area contributed by atoms with Crippen LogP contribution in [-0.2, 0) is 23.8 Å². The average molecular weight is 314 g/mol. The number of carboxylic acid groups (broad SMARTS) is 1. The highest BCUT2D eigenvalue weighted by Crippen LogP contribution is 2.04. The molecule has 126 valence electrons. The molecule has 0 aliphatic carbocycles. The van der Waals surface area contributed by atoms with Crippen LogP contribution in [0.2, 0.25) is 0 Å². The highest BCUT2D eigenvalue weighted by atomic mass is 16.7. The van der Waals surface area contributed by atoms with Crippen molar-refractivity contribution in [1.29, 1.82) is 0 Å². The van der Waals surface area contributed by atoms with E-state index >= 15 is 0 Å². The molecule has 1 N–H and O–H groups in total. The summed E-state index contributed by atoms with van der Waals surface area (Å²) in [5.41, 5.74) is 0.603. The smallest absolute Gasteiger partial charge is 0.335 e. The van der Waals surface area contributed by atoms with Crippen molar-refractivity contribution in [2.75, 3.05) is 13.2 Å². The first-order valence-corrected chi connectivity index (χ1v) is 7.25. The molecule has 0 amide bonds. The van der Waals surface area contributed by atoms with Crippen molar-refractivity contribution in [2.24, 2.45) is 0 Å². The van der Waals surface area contributed by atoms with Gasteiger partial charge in [-0.1, -0.05) is 6.58 Å². The summed E-state index contributed by atoms with van der Waals surface area (Å²) in [6, 6.07) is 0. The Balaban J connectivity index is 3.70. The summed E-state index contributed by atoms with van der Waals surface area (Å²) in [6.45, 7) is 11.0. The largest absolute Gasteiger partial charge is 0.478 e. The third kappa shape index (κ3) is 10.1. The second-order valence-corrected chi connectivity index (χ2v) is 5.06. The van der Waals surface area contributed by atoms with Crippen LogP contribution in [0.3, 0.4) is 0 Å². The van der Waals surface area contributed by atoms with E-state index in [1.54, 1.807) is 26.8 Å². The number of esters is 1. The second-order valence-electron chi connectivity index (χ2n) is 5.06. The van der Waals surface area contributed by atoms with Gasteiger partial charge in [-0.25, -0.2) is 9.59 Å². The van der Waals surface area contributed by atoms with E-state index in [2.05, 4.69) is 6.58 Å². The predicted octanol–water partition coefficient (Wildman–Crippen LogP) is 2.68. The Hall–Kier alpha value is -1.66. The number of hydrogen-bond acceptors (Lipinski definition) is 5. The molecule has 2 atom stereocenters. The zero-order valence-corrected chi connectivity index (χ0v) is 13.8. The molecule has 0 fully saturated rings. The summed E-state index contributed by atoms with van der Waals surface area (Å²) in [6.07, 6.45) is 2.24. The van der Waals surface area contributed by atoms with Crippen LogP contribution in [0.15, 0.2) is 23.8 Å². The Morgan fingerprint density at radius 2 is 1.68 bits per heavy atom. The minimum atomic E-state index is -0.942. The van der Waals surface area contributed by atoms with Gasteiger partial charge < -0.3 is 19.3 Å². The van der Waals surface area contributed by atoms with Crippen molar-refractivity contribution in [3.63, 3.8) is 0 Å². The summed E-state index contributed by atoms with van der Waals surface area (Å²) in [5.74, 6) is -1.41. The normalized spacial score (nSPS) is 14.3. The summed E-state index contributed by atoms with van der Waals surface area (Å²) in [4.78, 5) is 21.9. The van der Waals surface area contributed by atoms with E-state index in [4.69, 9.17) is 19.3 Å². The van der Waals surface area contributed by atoms with Crippen molar-refractivity contribution < 1.29 is 28.9 Å². The van der Waals surface area contributed by atoms with Crippen LogP contribution in [0.1, 0.15) is 40.5 Å². The SMILES string of the molecule is C=C(C)C(=O)OC(C)OCCCCOC(C)C=C(C)C(=O)O. The zero-order chi connectivity index (χ0) is 17.1. The Kier molecular flexibility index (Phi) is 10.2. The van der Waals surface area contributed by atoms with Gasteiger partial charge in [-0.3, -0.25) is 0 Å². The fraction of sp³-hybridized carbons (Fsp3) is 0.625. The maximum absolute atomic E-state index is 11.2. The van der Waals surface area contributed by atoms with E-state index in [-0.39, 0.29) is 11.7 Å². The first kappa shape index (κ1) is 20.3. The number of hydrogen-bond donors (Lipinski definition) is 1. The lowest BCUT2D eigenvalue weighted by atomic mass is 10.2. The summed E-state index contributed by atoms with van der Waals surface area (Å²) in [7, 11) is 0. The summed E-state index contributed by atoms with van der Waals surface area (Å²) >= 11 is 0. The lowest BCUT2D eigenvalue weighted by Gasteiger charge is -2.14. The van der Waals surface area contributed by atoms with Gasteiger partial charge in [-0.15, -0.1) is 0 Å². The van der Waals surface area contributed by atoms with Crippen molar-refractivity contribution in [2.45, 2.75) is 52.9 Å². The molecule has 0 aliphatic heterocycles. The summed E-state index contributed by atoms with van der Waals surface area (Å²) in [5, 5.41) is 8.74. The first-order chi connectivity index (χ1) is 10.2. The van der Waals surface area contributed by atoms with E-state index in [1.807, 2.05) is 0 Å². The minimum Gasteiger partial charge on any atom is -0.478 e. The van der Waals surface area contributed by atoms with Gasteiger partial charge in [0.1, 0.15) is 0 Å². The van der Waals surface area contributed by atoms with Crippen LogP contribution in [0.4, 0.5) is 0 Å². The van der Waals surface area contributed by atoms with E-state index in [0.29, 0.717) is 18.8 Å². The topological polar surface area (TPSA) is 82.1 Å². The molecule has 0 aromatic heterocycles. The highest BCUT2D eigenvalue weighted by Gasteiger charge is 2.09. The van der Waals surface area contributed by atoms with E-state index < -0.39 is 18.2 Å². The first-order valence-electron chi connectivity index (χ1n) is 7.25. The molecule has 22 heavy (non-hydrogen) atoms. The van der Waals surface area contributed by atoms with Crippen LogP contribution in [0.25, 0.3) is 0 Å². The number of ether oxygens (including phenoxy) is 3. The Bertz CT molecular complexity index is 413. The van der Waals surface area contributed by atoms with Gasteiger partial charge in [-0.2, -0.15) is 0 Å². The van der Waals surface area contributed by atoms with Crippen LogP contribution in [-0.4, -0.2) is 42.7 Å². The Labute approximate surface area is 131 Å². The molecular weight excluding hydrogens is 288 g/mol. The maximum atomic E-state index is 11.2. The van der Waals surface area contributed by atoms with Gasteiger partial charge >= 0.3 is 11.9 Å². The lowest BCUT2D eigenvalue weighted by Crippen LogP contribution is -2.19. The number of rotatable bonds is 11. The third-order valence-corrected chi connectivity index (χ3v) is 2.72. The molecule has 6 nitrogen and oxygen atoms in total. The third-order valence-electron chi connectivity index (χ3n) is 2.72. The van der Waals surface area contributed by atoms with E-state index in [0.717, 1.165) is 12.8 Å². The lowest BCUT2D eigenvalue weighted by molar-refractivity contribution is -0.170. The highest BCUT2D eigenvalue weighted by molar-refractivity contribution is 5.87. The molecular formula is C16H26O6. The number of carboxylic acids is 1. The molecule has 0 aliphatic rings.